The van der Waals surface area contributed by atoms with Crippen molar-refractivity contribution in [2.45, 2.75) is 59.9 Å². The van der Waals surface area contributed by atoms with Gasteiger partial charge in [0.25, 0.3) is 0 Å². The zero-order chi connectivity index (χ0) is 18.7. The minimum atomic E-state index is 0.0741. The third-order valence-corrected chi connectivity index (χ3v) is 4.89. The number of rotatable bonds is 6. The van der Waals surface area contributed by atoms with Crippen molar-refractivity contribution in [3.05, 3.63) is 50.5 Å². The van der Waals surface area contributed by atoms with Gasteiger partial charge in [-0.3, -0.25) is 9.59 Å². The van der Waals surface area contributed by atoms with Crippen LogP contribution in [0.1, 0.15) is 62.9 Å². The molecule has 1 aliphatic rings. The van der Waals surface area contributed by atoms with Gasteiger partial charge in [0, 0.05) is 34.6 Å². The van der Waals surface area contributed by atoms with Gasteiger partial charge in [0.05, 0.1) is 0 Å². The van der Waals surface area contributed by atoms with E-state index in [2.05, 4.69) is 41.2 Å². The average molecular weight is 404 g/mol. The molecule has 0 fully saturated rings. The van der Waals surface area contributed by atoms with Crippen LogP contribution in [-0.2, 0) is 4.79 Å². The van der Waals surface area contributed by atoms with E-state index in [0.29, 0.717) is 30.9 Å². The molecule has 0 heterocycles. The number of anilines is 1. The van der Waals surface area contributed by atoms with Crippen LogP contribution in [0.5, 0.6) is 0 Å². The zero-order valence-corrected chi connectivity index (χ0v) is 17.2. The Kier molecular flexibility index (Phi) is 6.39. The minimum Gasteiger partial charge on any atom is -0.383 e. The Hall–Kier alpha value is -1.68. The van der Waals surface area contributed by atoms with E-state index in [0.717, 1.165) is 32.4 Å². The van der Waals surface area contributed by atoms with E-state index >= 15 is 0 Å². The van der Waals surface area contributed by atoms with Gasteiger partial charge >= 0.3 is 0 Å². The Morgan fingerprint density at radius 1 is 1.24 bits per heavy atom. The molecule has 0 radical (unpaired) electrons. The van der Waals surface area contributed by atoms with Crippen LogP contribution in [0, 0.1) is 6.92 Å². The molecule has 4 heteroatoms. The second-order valence-corrected chi connectivity index (χ2v) is 8.02. The van der Waals surface area contributed by atoms with E-state index in [1.807, 2.05) is 32.9 Å². The standard InChI is InChI=1S/C21H26BrNO2/c1-12(2)23-19-11-16(22)10-18(15(19)5)20(24)7-6-17-14(4)8-13(3)9-21(17)25/h8,10-12,23H,6-7,9H2,1-5H3. The molecular formula is C21H26BrNO2. The summed E-state index contributed by atoms with van der Waals surface area (Å²) < 4.78 is 0.882. The first-order chi connectivity index (χ1) is 11.7. The SMILES string of the molecule is CC1=CC(C)=C(CCC(=O)c2cc(Br)cc(NC(C)C)c2C)C(=O)C1. The fourth-order valence-electron chi connectivity index (χ4n) is 3.23. The molecule has 0 aliphatic heterocycles. The molecule has 0 spiro atoms. The molecule has 1 aromatic carbocycles. The van der Waals surface area contributed by atoms with Crippen molar-refractivity contribution in [1.82, 2.24) is 0 Å². The summed E-state index contributed by atoms with van der Waals surface area (Å²) in [5, 5.41) is 3.38. The first-order valence-electron chi connectivity index (χ1n) is 8.69. The summed E-state index contributed by atoms with van der Waals surface area (Å²) in [7, 11) is 0. The molecular weight excluding hydrogens is 378 g/mol. The number of halogens is 1. The van der Waals surface area contributed by atoms with Gasteiger partial charge in [-0.05, 0) is 69.9 Å². The monoisotopic (exact) mass is 403 g/mol. The predicted octanol–water partition coefficient (Wildman–Crippen LogP) is 5.78. The van der Waals surface area contributed by atoms with Gasteiger partial charge < -0.3 is 5.32 Å². The Morgan fingerprint density at radius 2 is 1.92 bits per heavy atom. The molecule has 1 N–H and O–H groups in total. The van der Waals surface area contributed by atoms with Gasteiger partial charge in [0.2, 0.25) is 0 Å². The van der Waals surface area contributed by atoms with E-state index in [9.17, 15) is 9.59 Å². The lowest BCUT2D eigenvalue weighted by molar-refractivity contribution is -0.115. The first-order valence-corrected chi connectivity index (χ1v) is 9.48. The molecule has 0 bridgehead atoms. The fraction of sp³-hybridized carbons (Fsp3) is 0.429. The molecule has 3 nitrogen and oxygen atoms in total. The fourth-order valence-corrected chi connectivity index (χ4v) is 3.68. The topological polar surface area (TPSA) is 46.2 Å². The zero-order valence-electron chi connectivity index (χ0n) is 15.6. The van der Waals surface area contributed by atoms with Crippen LogP contribution >= 0.6 is 15.9 Å². The first kappa shape index (κ1) is 19.6. The van der Waals surface area contributed by atoms with Gasteiger partial charge in [0.1, 0.15) is 0 Å². The highest BCUT2D eigenvalue weighted by Gasteiger charge is 2.20. The van der Waals surface area contributed by atoms with Crippen LogP contribution in [0.15, 0.2) is 39.4 Å². The van der Waals surface area contributed by atoms with Crippen molar-refractivity contribution in [2.24, 2.45) is 0 Å². The second kappa shape index (κ2) is 8.13. The summed E-state index contributed by atoms with van der Waals surface area (Å²) in [5.41, 5.74) is 5.52. The molecule has 1 aromatic rings. The highest BCUT2D eigenvalue weighted by Crippen LogP contribution is 2.29. The number of nitrogens with one attached hydrogen (secondary N) is 1. The summed E-state index contributed by atoms with van der Waals surface area (Å²) in [4.78, 5) is 25.0. The average Bonchev–Trinajstić information content (AvgIpc) is 2.48. The van der Waals surface area contributed by atoms with Crippen LogP contribution in [0.3, 0.4) is 0 Å². The second-order valence-electron chi connectivity index (χ2n) is 7.10. The molecule has 0 saturated carbocycles. The maximum absolute atomic E-state index is 12.8. The van der Waals surface area contributed by atoms with E-state index in [-0.39, 0.29) is 11.6 Å². The lowest BCUT2D eigenvalue weighted by Gasteiger charge is -2.17. The van der Waals surface area contributed by atoms with Crippen molar-refractivity contribution < 1.29 is 9.59 Å². The van der Waals surface area contributed by atoms with Crippen LogP contribution in [0.25, 0.3) is 0 Å². The number of Topliss-reactive ketones (excluding diaryl/α,β-unsaturated/α-hetero) is 2. The van der Waals surface area contributed by atoms with Gasteiger partial charge in [-0.25, -0.2) is 0 Å². The van der Waals surface area contributed by atoms with Crippen molar-refractivity contribution in [3.8, 4) is 0 Å². The Labute approximate surface area is 158 Å². The molecule has 1 aliphatic carbocycles. The summed E-state index contributed by atoms with van der Waals surface area (Å²) in [5.74, 6) is 0.225. The summed E-state index contributed by atoms with van der Waals surface area (Å²) in [6.45, 7) is 10.0. The molecule has 134 valence electrons. The number of ketones is 2. The highest BCUT2D eigenvalue weighted by molar-refractivity contribution is 9.10. The molecule has 2 rings (SSSR count). The van der Waals surface area contributed by atoms with E-state index in [1.54, 1.807) is 0 Å². The Bertz CT molecular complexity index is 772. The number of hydrogen-bond donors (Lipinski definition) is 1. The van der Waals surface area contributed by atoms with Gasteiger partial charge in [-0.15, -0.1) is 0 Å². The molecule has 0 saturated heterocycles. The highest BCUT2D eigenvalue weighted by atomic mass is 79.9. The van der Waals surface area contributed by atoms with Crippen LogP contribution in [0.2, 0.25) is 0 Å². The summed E-state index contributed by atoms with van der Waals surface area (Å²) in [6.07, 6.45) is 3.38. The molecule has 0 atom stereocenters. The molecule has 0 aromatic heterocycles. The molecule has 0 amide bonds. The van der Waals surface area contributed by atoms with Crippen LogP contribution < -0.4 is 5.32 Å². The largest absolute Gasteiger partial charge is 0.383 e. The van der Waals surface area contributed by atoms with Crippen LogP contribution in [-0.4, -0.2) is 17.6 Å². The number of carbonyl (C=O) groups is 2. The number of hydrogen-bond acceptors (Lipinski definition) is 3. The predicted molar refractivity (Wildman–Crippen MR) is 107 cm³/mol. The maximum atomic E-state index is 12.8. The Balaban J connectivity index is 2.20. The van der Waals surface area contributed by atoms with E-state index in [1.165, 1.54) is 0 Å². The molecule has 0 unspecified atom stereocenters. The van der Waals surface area contributed by atoms with Crippen molar-refractivity contribution in [2.75, 3.05) is 5.32 Å². The van der Waals surface area contributed by atoms with Crippen molar-refractivity contribution >= 4 is 33.2 Å². The Morgan fingerprint density at radius 3 is 2.52 bits per heavy atom. The lowest BCUT2D eigenvalue weighted by atomic mass is 9.88. The lowest BCUT2D eigenvalue weighted by Crippen LogP contribution is -2.14. The summed E-state index contributed by atoms with van der Waals surface area (Å²) >= 11 is 3.50. The smallest absolute Gasteiger partial charge is 0.163 e. The third-order valence-electron chi connectivity index (χ3n) is 4.43. The van der Waals surface area contributed by atoms with E-state index in [4.69, 9.17) is 0 Å². The third kappa shape index (κ3) is 4.91. The van der Waals surface area contributed by atoms with Crippen molar-refractivity contribution in [3.63, 3.8) is 0 Å². The minimum absolute atomic E-state index is 0.0741. The quantitative estimate of drug-likeness (QED) is 0.612. The number of allylic oxidation sites excluding steroid dienone is 4. The van der Waals surface area contributed by atoms with Gasteiger partial charge in [-0.1, -0.05) is 27.6 Å². The summed E-state index contributed by atoms with van der Waals surface area (Å²) in [6, 6.07) is 4.16. The van der Waals surface area contributed by atoms with Crippen molar-refractivity contribution in [1.29, 1.82) is 0 Å². The number of benzene rings is 1. The van der Waals surface area contributed by atoms with Crippen LogP contribution in [0.4, 0.5) is 5.69 Å². The molecule has 25 heavy (non-hydrogen) atoms. The van der Waals surface area contributed by atoms with Gasteiger partial charge in [-0.2, -0.15) is 0 Å². The number of carbonyl (C=O) groups excluding carboxylic acids is 2. The normalized spacial score (nSPS) is 14.8. The maximum Gasteiger partial charge on any atom is 0.163 e. The van der Waals surface area contributed by atoms with Gasteiger partial charge in [0.15, 0.2) is 11.6 Å². The van der Waals surface area contributed by atoms with E-state index < -0.39 is 0 Å².